The Morgan fingerprint density at radius 2 is 1.82 bits per heavy atom. The molecule has 0 aromatic heterocycles. The standard InChI is InChI=1S/C18H20N2O2/c1-22-17-10-6-5-9-16(17)20(13-14-11-12-14)18(21)19-15-7-3-2-4-8-15/h2-10,14H,11-13H2,1H3,(H,19,21). The molecule has 0 bridgehead atoms. The highest BCUT2D eigenvalue weighted by Gasteiger charge is 2.29. The fourth-order valence-corrected chi connectivity index (χ4v) is 2.41. The summed E-state index contributed by atoms with van der Waals surface area (Å²) in [6.45, 7) is 0.721. The molecule has 0 unspecified atom stereocenters. The van der Waals surface area contributed by atoms with Crippen LogP contribution in [-0.2, 0) is 0 Å². The average molecular weight is 296 g/mol. The van der Waals surface area contributed by atoms with Gasteiger partial charge >= 0.3 is 6.03 Å². The van der Waals surface area contributed by atoms with Crippen LogP contribution in [0.25, 0.3) is 0 Å². The topological polar surface area (TPSA) is 41.6 Å². The number of carbonyl (C=O) groups is 1. The molecule has 0 saturated heterocycles. The molecule has 0 heterocycles. The number of hydrogen-bond donors (Lipinski definition) is 1. The van der Waals surface area contributed by atoms with Crippen LogP contribution in [0.1, 0.15) is 12.8 Å². The SMILES string of the molecule is COc1ccccc1N(CC1CC1)C(=O)Nc1ccccc1. The van der Waals surface area contributed by atoms with Crippen molar-refractivity contribution in [1.82, 2.24) is 0 Å². The van der Waals surface area contributed by atoms with Crippen molar-refractivity contribution in [3.63, 3.8) is 0 Å². The molecule has 1 N–H and O–H groups in total. The molecule has 0 atom stereocenters. The smallest absolute Gasteiger partial charge is 0.326 e. The van der Waals surface area contributed by atoms with Crippen LogP contribution in [0, 0.1) is 5.92 Å². The Labute approximate surface area is 130 Å². The van der Waals surface area contributed by atoms with Gasteiger partial charge in [0.2, 0.25) is 0 Å². The summed E-state index contributed by atoms with van der Waals surface area (Å²) in [7, 11) is 1.63. The minimum absolute atomic E-state index is 0.123. The van der Waals surface area contributed by atoms with Crippen LogP contribution in [0.2, 0.25) is 0 Å². The number of urea groups is 1. The lowest BCUT2D eigenvalue weighted by Crippen LogP contribution is -2.36. The average Bonchev–Trinajstić information content (AvgIpc) is 3.37. The Balaban J connectivity index is 1.84. The highest BCUT2D eigenvalue weighted by molar-refractivity contribution is 6.02. The summed E-state index contributed by atoms with van der Waals surface area (Å²) in [4.78, 5) is 14.5. The van der Waals surface area contributed by atoms with Gasteiger partial charge in [-0.1, -0.05) is 30.3 Å². The van der Waals surface area contributed by atoms with E-state index in [4.69, 9.17) is 4.74 Å². The molecule has 1 fully saturated rings. The normalized spacial score (nSPS) is 13.5. The Bertz CT molecular complexity index is 639. The fraction of sp³-hybridized carbons (Fsp3) is 0.278. The molecule has 4 heteroatoms. The number of ether oxygens (including phenoxy) is 1. The number of amides is 2. The molecule has 1 aliphatic carbocycles. The van der Waals surface area contributed by atoms with Crippen molar-refractivity contribution in [2.24, 2.45) is 5.92 Å². The van der Waals surface area contributed by atoms with Crippen molar-refractivity contribution in [1.29, 1.82) is 0 Å². The van der Waals surface area contributed by atoms with E-state index >= 15 is 0 Å². The fourth-order valence-electron chi connectivity index (χ4n) is 2.41. The number of nitrogens with zero attached hydrogens (tertiary/aromatic N) is 1. The minimum Gasteiger partial charge on any atom is -0.495 e. The zero-order valence-corrected chi connectivity index (χ0v) is 12.7. The van der Waals surface area contributed by atoms with Crippen molar-refractivity contribution in [2.75, 3.05) is 23.9 Å². The number of rotatable bonds is 5. The van der Waals surface area contributed by atoms with E-state index in [0.717, 1.165) is 17.9 Å². The molecule has 0 spiro atoms. The van der Waals surface area contributed by atoms with Gasteiger partial charge in [-0.05, 0) is 43.0 Å². The van der Waals surface area contributed by atoms with Crippen LogP contribution in [-0.4, -0.2) is 19.7 Å². The van der Waals surface area contributed by atoms with Crippen LogP contribution < -0.4 is 15.0 Å². The van der Waals surface area contributed by atoms with Crippen molar-refractivity contribution >= 4 is 17.4 Å². The lowest BCUT2D eigenvalue weighted by Gasteiger charge is -2.25. The zero-order chi connectivity index (χ0) is 15.4. The largest absolute Gasteiger partial charge is 0.495 e. The molecule has 22 heavy (non-hydrogen) atoms. The Morgan fingerprint density at radius 1 is 1.14 bits per heavy atom. The summed E-state index contributed by atoms with van der Waals surface area (Å²) in [5.74, 6) is 1.30. The molecular formula is C18H20N2O2. The second-order valence-electron chi connectivity index (χ2n) is 5.52. The van der Waals surface area contributed by atoms with E-state index in [-0.39, 0.29) is 6.03 Å². The quantitative estimate of drug-likeness (QED) is 0.900. The second-order valence-corrected chi connectivity index (χ2v) is 5.52. The van der Waals surface area contributed by atoms with Crippen LogP contribution in [0.3, 0.4) is 0 Å². The Hall–Kier alpha value is -2.49. The molecule has 2 aromatic rings. The maximum atomic E-state index is 12.7. The van der Waals surface area contributed by atoms with Crippen LogP contribution in [0.5, 0.6) is 5.75 Å². The van der Waals surface area contributed by atoms with Crippen LogP contribution >= 0.6 is 0 Å². The van der Waals surface area contributed by atoms with Gasteiger partial charge < -0.3 is 10.1 Å². The molecular weight excluding hydrogens is 276 g/mol. The Kier molecular flexibility index (Phi) is 4.28. The number of nitrogens with one attached hydrogen (secondary N) is 1. The molecule has 0 radical (unpaired) electrons. The predicted molar refractivity (Wildman–Crippen MR) is 88.5 cm³/mol. The first-order chi connectivity index (χ1) is 10.8. The number of para-hydroxylation sites is 3. The molecule has 2 aromatic carbocycles. The summed E-state index contributed by atoms with van der Waals surface area (Å²) in [6.07, 6.45) is 2.37. The highest BCUT2D eigenvalue weighted by Crippen LogP contribution is 2.35. The van der Waals surface area contributed by atoms with E-state index in [9.17, 15) is 4.79 Å². The van der Waals surface area contributed by atoms with E-state index < -0.39 is 0 Å². The second kappa shape index (κ2) is 6.52. The van der Waals surface area contributed by atoms with Crippen molar-refractivity contribution in [3.8, 4) is 5.75 Å². The summed E-state index contributed by atoms with van der Waals surface area (Å²) < 4.78 is 5.41. The summed E-state index contributed by atoms with van der Waals surface area (Å²) in [5, 5.41) is 2.96. The number of methoxy groups -OCH3 is 1. The van der Waals surface area contributed by atoms with E-state index in [2.05, 4.69) is 5.32 Å². The van der Waals surface area contributed by atoms with Gasteiger partial charge in [0.25, 0.3) is 0 Å². The summed E-state index contributed by atoms with van der Waals surface area (Å²) in [5.41, 5.74) is 1.61. The molecule has 4 nitrogen and oxygen atoms in total. The number of hydrogen-bond acceptors (Lipinski definition) is 2. The lowest BCUT2D eigenvalue weighted by molar-refractivity contribution is 0.256. The van der Waals surface area contributed by atoms with E-state index in [0.29, 0.717) is 11.7 Å². The molecule has 0 aliphatic heterocycles. The van der Waals surface area contributed by atoms with Gasteiger partial charge in [-0.15, -0.1) is 0 Å². The highest BCUT2D eigenvalue weighted by atomic mass is 16.5. The van der Waals surface area contributed by atoms with E-state index in [1.165, 1.54) is 12.8 Å². The maximum Gasteiger partial charge on any atom is 0.326 e. The maximum absolute atomic E-state index is 12.7. The minimum atomic E-state index is -0.123. The molecule has 114 valence electrons. The third-order valence-corrected chi connectivity index (χ3v) is 3.78. The summed E-state index contributed by atoms with van der Waals surface area (Å²) >= 11 is 0. The molecule has 1 saturated carbocycles. The van der Waals surface area contributed by atoms with Crippen LogP contribution in [0.15, 0.2) is 54.6 Å². The van der Waals surface area contributed by atoms with Crippen molar-refractivity contribution in [3.05, 3.63) is 54.6 Å². The number of anilines is 2. The number of carbonyl (C=O) groups excluding carboxylic acids is 1. The van der Waals surface area contributed by atoms with Crippen molar-refractivity contribution < 1.29 is 9.53 Å². The van der Waals surface area contributed by atoms with Crippen molar-refractivity contribution in [2.45, 2.75) is 12.8 Å². The summed E-state index contributed by atoms with van der Waals surface area (Å²) in [6, 6.07) is 17.0. The van der Waals surface area contributed by atoms with Gasteiger partial charge in [0.15, 0.2) is 0 Å². The number of benzene rings is 2. The monoisotopic (exact) mass is 296 g/mol. The van der Waals surface area contributed by atoms with Gasteiger partial charge in [0.05, 0.1) is 12.8 Å². The van der Waals surface area contributed by atoms with Gasteiger partial charge in [-0.25, -0.2) is 4.79 Å². The third kappa shape index (κ3) is 3.39. The van der Waals surface area contributed by atoms with E-state index in [1.54, 1.807) is 12.0 Å². The first kappa shape index (κ1) is 14.4. The third-order valence-electron chi connectivity index (χ3n) is 3.78. The lowest BCUT2D eigenvalue weighted by atomic mass is 10.2. The first-order valence-electron chi connectivity index (χ1n) is 7.54. The van der Waals surface area contributed by atoms with Crippen LogP contribution in [0.4, 0.5) is 16.2 Å². The van der Waals surface area contributed by atoms with Gasteiger partial charge in [-0.3, -0.25) is 4.90 Å². The van der Waals surface area contributed by atoms with Gasteiger partial charge in [0, 0.05) is 12.2 Å². The Morgan fingerprint density at radius 3 is 2.50 bits per heavy atom. The molecule has 2 amide bonds. The molecule has 1 aliphatic rings. The van der Waals surface area contributed by atoms with Gasteiger partial charge in [-0.2, -0.15) is 0 Å². The zero-order valence-electron chi connectivity index (χ0n) is 12.7. The molecule has 3 rings (SSSR count). The first-order valence-corrected chi connectivity index (χ1v) is 7.54. The predicted octanol–water partition coefficient (Wildman–Crippen LogP) is 4.14. The van der Waals surface area contributed by atoms with E-state index in [1.807, 2.05) is 54.6 Å². The van der Waals surface area contributed by atoms with Gasteiger partial charge in [0.1, 0.15) is 5.75 Å².